The Kier molecular flexibility index (Phi) is 5.95. The molecule has 1 amide bonds. The van der Waals surface area contributed by atoms with Gasteiger partial charge in [0, 0.05) is 31.9 Å². The van der Waals surface area contributed by atoms with Gasteiger partial charge in [-0.25, -0.2) is 9.67 Å². The summed E-state index contributed by atoms with van der Waals surface area (Å²) in [6.45, 7) is 6.43. The van der Waals surface area contributed by atoms with E-state index in [1.807, 2.05) is 19.9 Å². The van der Waals surface area contributed by atoms with Crippen LogP contribution in [0.1, 0.15) is 34.1 Å². The van der Waals surface area contributed by atoms with E-state index in [1.165, 1.54) is 17.3 Å². The molecule has 0 spiro atoms. The number of anilines is 4. The lowest BCUT2D eigenvalue weighted by molar-refractivity contribution is 0.100. The summed E-state index contributed by atoms with van der Waals surface area (Å²) >= 11 is 0. The zero-order chi connectivity index (χ0) is 22.8. The van der Waals surface area contributed by atoms with Crippen molar-refractivity contribution >= 4 is 29.2 Å². The van der Waals surface area contributed by atoms with Crippen LogP contribution in [0, 0.1) is 6.92 Å². The Morgan fingerprint density at radius 2 is 2.06 bits per heavy atom. The number of rotatable bonds is 7. The van der Waals surface area contributed by atoms with Gasteiger partial charge in [0.1, 0.15) is 22.9 Å². The van der Waals surface area contributed by atoms with E-state index in [1.54, 1.807) is 11.8 Å². The van der Waals surface area contributed by atoms with Gasteiger partial charge in [-0.1, -0.05) is 0 Å². The Hall–Kier alpha value is -3.66. The van der Waals surface area contributed by atoms with E-state index in [0.29, 0.717) is 29.9 Å². The lowest BCUT2D eigenvalue weighted by Gasteiger charge is -2.26. The van der Waals surface area contributed by atoms with Crippen molar-refractivity contribution in [3.8, 4) is 5.75 Å². The van der Waals surface area contributed by atoms with E-state index in [9.17, 15) is 4.79 Å². The number of fused-ring (bicyclic) bond motifs is 1. The van der Waals surface area contributed by atoms with Crippen molar-refractivity contribution in [2.75, 3.05) is 31.3 Å². The van der Waals surface area contributed by atoms with Gasteiger partial charge >= 0.3 is 0 Å². The summed E-state index contributed by atoms with van der Waals surface area (Å²) in [5, 5.41) is 10.8. The quantitative estimate of drug-likeness (QED) is 0.516. The van der Waals surface area contributed by atoms with Crippen LogP contribution in [-0.2, 0) is 19.5 Å². The second-order valence-electron chi connectivity index (χ2n) is 7.87. The summed E-state index contributed by atoms with van der Waals surface area (Å²) in [6.07, 6.45) is 2.39. The number of nitrogens with one attached hydrogen (secondary N) is 2. The molecule has 3 heterocycles. The lowest BCUT2D eigenvalue weighted by atomic mass is 9.99. The number of aryl methyl sites for hydroxylation is 2. The highest BCUT2D eigenvalue weighted by atomic mass is 16.5. The van der Waals surface area contributed by atoms with Crippen molar-refractivity contribution in [2.24, 2.45) is 5.73 Å². The Morgan fingerprint density at radius 3 is 2.78 bits per heavy atom. The molecule has 10 heteroatoms. The maximum absolute atomic E-state index is 12.0. The first-order valence-corrected chi connectivity index (χ1v) is 10.5. The number of nitrogens with two attached hydrogens (primary N) is 1. The average molecular weight is 437 g/mol. The molecule has 4 rings (SSSR count). The molecule has 4 N–H and O–H groups in total. The number of ether oxygens (including phenoxy) is 1. The monoisotopic (exact) mass is 436 g/mol. The molecule has 0 atom stereocenters. The molecular weight excluding hydrogens is 408 g/mol. The average Bonchev–Trinajstić information content (AvgIpc) is 3.12. The van der Waals surface area contributed by atoms with Crippen molar-refractivity contribution < 1.29 is 9.53 Å². The van der Waals surface area contributed by atoms with Crippen LogP contribution in [0.4, 0.5) is 23.3 Å². The van der Waals surface area contributed by atoms with Crippen LogP contribution in [0.15, 0.2) is 24.4 Å². The van der Waals surface area contributed by atoms with Crippen LogP contribution in [-0.4, -0.2) is 51.3 Å². The number of methoxy groups -OCH3 is 1. The zero-order valence-electron chi connectivity index (χ0n) is 18.8. The molecule has 0 saturated carbocycles. The minimum Gasteiger partial charge on any atom is -0.495 e. The molecule has 1 aromatic carbocycles. The van der Waals surface area contributed by atoms with Crippen LogP contribution in [0.25, 0.3) is 0 Å². The molecule has 3 aromatic rings. The normalized spacial score (nSPS) is 13.5. The molecule has 168 valence electrons. The molecule has 0 radical (unpaired) electrons. The third-order valence-corrected chi connectivity index (χ3v) is 5.47. The summed E-state index contributed by atoms with van der Waals surface area (Å²) in [6, 6.07) is 6.01. The molecule has 0 bridgehead atoms. The number of primary amides is 1. The maximum atomic E-state index is 12.0. The van der Waals surface area contributed by atoms with E-state index in [4.69, 9.17) is 10.5 Å². The number of carbonyl (C=O) groups is 1. The van der Waals surface area contributed by atoms with Crippen LogP contribution < -0.4 is 21.1 Å². The summed E-state index contributed by atoms with van der Waals surface area (Å²) in [5.74, 6) is 1.44. The number of likely N-dealkylation sites (N-methyl/N-ethyl adjacent to an activating group) is 1. The fourth-order valence-electron chi connectivity index (χ4n) is 3.84. The van der Waals surface area contributed by atoms with E-state index < -0.39 is 5.91 Å². The van der Waals surface area contributed by atoms with Crippen LogP contribution in [0.5, 0.6) is 5.75 Å². The fourth-order valence-corrected chi connectivity index (χ4v) is 3.84. The van der Waals surface area contributed by atoms with Gasteiger partial charge in [-0.3, -0.25) is 4.79 Å². The summed E-state index contributed by atoms with van der Waals surface area (Å²) < 4.78 is 7.39. The van der Waals surface area contributed by atoms with Gasteiger partial charge in [-0.05, 0) is 50.6 Å². The maximum Gasteiger partial charge on any atom is 0.254 e. The van der Waals surface area contributed by atoms with Crippen molar-refractivity contribution in [3.63, 3.8) is 0 Å². The molecule has 2 aromatic heterocycles. The molecule has 1 aliphatic heterocycles. The molecule has 10 nitrogen and oxygen atoms in total. The second-order valence-corrected chi connectivity index (χ2v) is 7.87. The smallest absolute Gasteiger partial charge is 0.254 e. The van der Waals surface area contributed by atoms with E-state index in [-0.39, 0.29) is 5.56 Å². The van der Waals surface area contributed by atoms with Crippen molar-refractivity contribution in [2.45, 2.75) is 33.4 Å². The first kappa shape index (κ1) is 21.6. The molecular formula is C22H28N8O2. The third-order valence-electron chi connectivity index (χ3n) is 5.47. The number of amides is 1. The summed E-state index contributed by atoms with van der Waals surface area (Å²) in [4.78, 5) is 23.1. The Bertz CT molecular complexity index is 1160. The van der Waals surface area contributed by atoms with Gasteiger partial charge in [0.2, 0.25) is 5.95 Å². The Labute approximate surface area is 186 Å². The standard InChI is InChI=1S/C22H28N8O2/c1-5-30-19(8-13(2)28-30)26-21-16(20(23)31)11-24-22(27-21)25-17-9-15-12-29(3)7-6-14(15)10-18(17)32-4/h8-11H,5-7,12H2,1-4H3,(H2,23,31)(H2,24,25,26,27). The summed E-state index contributed by atoms with van der Waals surface area (Å²) in [5.41, 5.74) is 9.87. The van der Waals surface area contributed by atoms with Gasteiger partial charge in [0.25, 0.3) is 5.91 Å². The van der Waals surface area contributed by atoms with Gasteiger partial charge < -0.3 is 26.0 Å². The van der Waals surface area contributed by atoms with Crippen molar-refractivity contribution in [3.05, 3.63) is 46.8 Å². The van der Waals surface area contributed by atoms with Crippen molar-refractivity contribution in [1.82, 2.24) is 24.6 Å². The van der Waals surface area contributed by atoms with E-state index >= 15 is 0 Å². The molecule has 1 aliphatic rings. The zero-order valence-corrected chi connectivity index (χ0v) is 18.8. The number of aromatic nitrogens is 4. The van der Waals surface area contributed by atoms with Crippen LogP contribution >= 0.6 is 0 Å². The van der Waals surface area contributed by atoms with E-state index in [2.05, 4.69) is 49.8 Å². The second kappa shape index (κ2) is 8.83. The number of benzene rings is 1. The molecule has 0 saturated heterocycles. The molecule has 32 heavy (non-hydrogen) atoms. The highest BCUT2D eigenvalue weighted by Crippen LogP contribution is 2.33. The minimum absolute atomic E-state index is 0.191. The summed E-state index contributed by atoms with van der Waals surface area (Å²) in [7, 11) is 3.74. The van der Waals surface area contributed by atoms with Crippen LogP contribution in [0.2, 0.25) is 0 Å². The number of hydrogen-bond acceptors (Lipinski definition) is 8. The van der Waals surface area contributed by atoms with Gasteiger partial charge in [-0.15, -0.1) is 0 Å². The molecule has 0 aliphatic carbocycles. The highest BCUT2D eigenvalue weighted by molar-refractivity contribution is 5.98. The first-order chi connectivity index (χ1) is 15.4. The largest absolute Gasteiger partial charge is 0.495 e. The van der Waals surface area contributed by atoms with Crippen LogP contribution in [0.3, 0.4) is 0 Å². The number of carbonyl (C=O) groups excluding carboxylic acids is 1. The fraction of sp³-hybridized carbons (Fsp3) is 0.364. The van der Waals surface area contributed by atoms with Gasteiger partial charge in [0.15, 0.2) is 0 Å². The first-order valence-electron chi connectivity index (χ1n) is 10.5. The predicted molar refractivity (Wildman–Crippen MR) is 123 cm³/mol. The predicted octanol–water partition coefficient (Wildman–Crippen LogP) is 2.58. The highest BCUT2D eigenvalue weighted by Gasteiger charge is 2.19. The minimum atomic E-state index is -0.618. The van der Waals surface area contributed by atoms with Gasteiger partial charge in [-0.2, -0.15) is 10.1 Å². The number of hydrogen-bond donors (Lipinski definition) is 3. The Morgan fingerprint density at radius 1 is 1.25 bits per heavy atom. The van der Waals surface area contributed by atoms with Gasteiger partial charge in [0.05, 0.1) is 18.5 Å². The topological polar surface area (TPSA) is 123 Å². The molecule has 0 fully saturated rings. The molecule has 0 unspecified atom stereocenters. The lowest BCUT2D eigenvalue weighted by Crippen LogP contribution is -2.26. The Balaban J connectivity index is 1.68. The SMILES string of the molecule is CCn1nc(C)cc1Nc1nc(Nc2cc3c(cc2OC)CCN(C)C3)ncc1C(N)=O. The van der Waals surface area contributed by atoms with E-state index in [0.717, 1.165) is 30.9 Å². The third kappa shape index (κ3) is 4.35. The number of nitrogens with zero attached hydrogens (tertiary/aromatic N) is 5. The van der Waals surface area contributed by atoms with Crippen molar-refractivity contribution in [1.29, 1.82) is 0 Å².